The number of hydrogen-bond donors (Lipinski definition) is 3. The van der Waals surface area contributed by atoms with Crippen molar-refractivity contribution in [2.24, 2.45) is 0 Å². The van der Waals surface area contributed by atoms with Gasteiger partial charge >= 0.3 is 5.97 Å². The van der Waals surface area contributed by atoms with Crippen LogP contribution in [0, 0.1) is 0 Å². The van der Waals surface area contributed by atoms with E-state index in [1.165, 1.54) is 5.56 Å². The van der Waals surface area contributed by atoms with E-state index >= 15 is 0 Å². The zero-order chi connectivity index (χ0) is 25.8. The van der Waals surface area contributed by atoms with E-state index in [4.69, 9.17) is 9.84 Å². The van der Waals surface area contributed by atoms with Crippen LogP contribution in [0.5, 0.6) is 0 Å². The average Bonchev–Trinajstić information content (AvgIpc) is 3.22. The van der Waals surface area contributed by atoms with Crippen LogP contribution in [-0.4, -0.2) is 48.2 Å². The predicted molar refractivity (Wildman–Crippen MR) is 148 cm³/mol. The summed E-state index contributed by atoms with van der Waals surface area (Å²) in [5, 5.41) is 15.5. The molecule has 5 rings (SSSR count). The van der Waals surface area contributed by atoms with E-state index in [1.807, 2.05) is 54.6 Å². The lowest BCUT2D eigenvalue weighted by Crippen LogP contribution is -2.35. The van der Waals surface area contributed by atoms with Gasteiger partial charge in [-0.3, -0.25) is 14.5 Å². The number of nitrogens with zero attached hydrogens (tertiary/aromatic N) is 1. The number of aliphatic carboxylic acids is 1. The lowest BCUT2D eigenvalue weighted by Gasteiger charge is -2.26. The number of rotatable bonds is 8. The molecule has 0 radical (unpaired) electrons. The number of carbonyl (C=O) groups excluding carboxylic acids is 1. The first-order valence-electron chi connectivity index (χ1n) is 12.3. The molecule has 3 N–H and O–H groups in total. The molecule has 1 saturated heterocycles. The minimum absolute atomic E-state index is 0.0764. The fraction of sp³-hybridized carbons (Fsp3) is 0.241. The van der Waals surface area contributed by atoms with Crippen molar-refractivity contribution in [3.63, 3.8) is 0 Å². The number of carboxylic acid groups (broad SMARTS) is 1. The van der Waals surface area contributed by atoms with Crippen molar-refractivity contribution >= 4 is 50.5 Å². The number of carbonyl (C=O) groups is 2. The lowest BCUT2D eigenvalue weighted by molar-refractivity contribution is -0.137. The van der Waals surface area contributed by atoms with E-state index < -0.39 is 5.97 Å². The summed E-state index contributed by atoms with van der Waals surface area (Å²) in [6.45, 7) is 4.28. The number of ether oxygens (including phenoxy) is 1. The molecule has 3 aromatic rings. The fourth-order valence-corrected chi connectivity index (χ4v) is 4.98. The van der Waals surface area contributed by atoms with Gasteiger partial charge in [0.15, 0.2) is 0 Å². The van der Waals surface area contributed by atoms with Gasteiger partial charge in [0, 0.05) is 41.8 Å². The Morgan fingerprint density at radius 2 is 1.70 bits per heavy atom. The molecule has 8 heteroatoms. The first-order valence-corrected chi connectivity index (χ1v) is 13.1. The van der Waals surface area contributed by atoms with Gasteiger partial charge in [-0.2, -0.15) is 0 Å². The highest BCUT2D eigenvalue weighted by Gasteiger charge is 2.28. The highest BCUT2D eigenvalue weighted by molar-refractivity contribution is 9.10. The maximum absolute atomic E-state index is 13.2. The first-order chi connectivity index (χ1) is 18.0. The van der Waals surface area contributed by atoms with E-state index in [-0.39, 0.29) is 12.3 Å². The highest BCUT2D eigenvalue weighted by Crippen LogP contribution is 2.39. The number of fused-ring (bicyclic) bond motifs is 1. The first kappa shape index (κ1) is 25.2. The maximum atomic E-state index is 13.2. The van der Waals surface area contributed by atoms with Gasteiger partial charge in [-0.15, -0.1) is 0 Å². The smallest absolute Gasteiger partial charge is 0.303 e. The molecule has 0 spiro atoms. The molecule has 1 fully saturated rings. The van der Waals surface area contributed by atoms with E-state index in [0.29, 0.717) is 17.7 Å². The SMILES string of the molecule is O=C(O)CCc1ccc(C(Nc2ccc(CN3CCOCC3)cc2)=C2C(=O)Nc3cc(Br)ccc32)cc1. The summed E-state index contributed by atoms with van der Waals surface area (Å²) in [6, 6.07) is 21.7. The van der Waals surface area contributed by atoms with E-state index in [1.54, 1.807) is 0 Å². The standard InChI is InChI=1S/C29H28BrN3O4/c30-22-8-11-24-25(17-22)32-29(36)27(24)28(21-6-1-19(2-7-21)5-12-26(34)35)31-23-9-3-20(4-10-23)18-33-13-15-37-16-14-33/h1-4,6-11,17,31H,5,12-16,18H2,(H,32,36)(H,34,35). The average molecular weight is 562 g/mol. The molecule has 0 atom stereocenters. The molecule has 7 nitrogen and oxygen atoms in total. The van der Waals surface area contributed by atoms with Crippen LogP contribution in [0.25, 0.3) is 11.3 Å². The van der Waals surface area contributed by atoms with Gasteiger partial charge in [-0.05, 0) is 47.4 Å². The zero-order valence-electron chi connectivity index (χ0n) is 20.3. The number of aryl methyl sites for hydroxylation is 1. The summed E-state index contributed by atoms with van der Waals surface area (Å²) >= 11 is 3.48. The molecule has 2 aliphatic heterocycles. The number of anilines is 2. The lowest BCUT2D eigenvalue weighted by atomic mass is 9.98. The van der Waals surface area contributed by atoms with Gasteiger partial charge in [0.2, 0.25) is 0 Å². The van der Waals surface area contributed by atoms with Crippen LogP contribution in [0.2, 0.25) is 0 Å². The Morgan fingerprint density at radius 3 is 2.41 bits per heavy atom. The molecule has 3 aromatic carbocycles. The van der Waals surface area contributed by atoms with E-state index in [2.05, 4.69) is 43.6 Å². The molecule has 2 heterocycles. The van der Waals surface area contributed by atoms with Gasteiger partial charge in [0.05, 0.1) is 30.2 Å². The monoisotopic (exact) mass is 561 g/mol. The number of benzene rings is 3. The van der Waals surface area contributed by atoms with Gasteiger partial charge in [-0.1, -0.05) is 58.4 Å². The molecule has 37 heavy (non-hydrogen) atoms. The molecular formula is C29H28BrN3O4. The van der Waals surface area contributed by atoms with Crippen LogP contribution in [0.3, 0.4) is 0 Å². The second-order valence-corrected chi connectivity index (χ2v) is 10.1. The van der Waals surface area contributed by atoms with Crippen LogP contribution in [0.15, 0.2) is 71.2 Å². The van der Waals surface area contributed by atoms with E-state index in [9.17, 15) is 9.59 Å². The summed E-state index contributed by atoms with van der Waals surface area (Å²) in [5.41, 5.74) is 6.73. The van der Waals surface area contributed by atoms with Crippen LogP contribution >= 0.6 is 15.9 Å². The summed E-state index contributed by atoms with van der Waals surface area (Å²) in [4.78, 5) is 26.5. The molecule has 0 aromatic heterocycles. The van der Waals surface area contributed by atoms with Crippen LogP contribution in [-0.2, 0) is 27.3 Å². The fourth-order valence-electron chi connectivity index (χ4n) is 4.62. The van der Waals surface area contributed by atoms with Crippen LogP contribution < -0.4 is 10.6 Å². The van der Waals surface area contributed by atoms with Crippen molar-refractivity contribution in [3.8, 4) is 0 Å². The zero-order valence-corrected chi connectivity index (χ0v) is 21.9. The quantitative estimate of drug-likeness (QED) is 0.326. The number of morpholine rings is 1. The summed E-state index contributed by atoms with van der Waals surface area (Å²) in [7, 11) is 0. The van der Waals surface area contributed by atoms with Gasteiger partial charge in [-0.25, -0.2) is 0 Å². The normalized spacial score (nSPS) is 16.7. The Hall–Kier alpha value is -3.46. The molecule has 190 valence electrons. The molecule has 2 aliphatic rings. The third-order valence-electron chi connectivity index (χ3n) is 6.58. The predicted octanol–water partition coefficient (Wildman–Crippen LogP) is 5.23. The molecular weight excluding hydrogens is 534 g/mol. The van der Waals surface area contributed by atoms with Gasteiger partial charge in [0.25, 0.3) is 5.91 Å². The number of hydrogen-bond acceptors (Lipinski definition) is 5. The third kappa shape index (κ3) is 6.10. The summed E-state index contributed by atoms with van der Waals surface area (Å²) < 4.78 is 6.33. The number of halogens is 1. The Morgan fingerprint density at radius 1 is 1.00 bits per heavy atom. The number of carboxylic acids is 1. The van der Waals surface area contributed by atoms with Crippen molar-refractivity contribution in [2.45, 2.75) is 19.4 Å². The van der Waals surface area contributed by atoms with Gasteiger partial charge in [0.1, 0.15) is 0 Å². The van der Waals surface area contributed by atoms with Crippen LogP contribution in [0.4, 0.5) is 11.4 Å². The minimum Gasteiger partial charge on any atom is -0.481 e. The number of amides is 1. The molecule has 0 aliphatic carbocycles. The summed E-state index contributed by atoms with van der Waals surface area (Å²) in [5.74, 6) is -0.995. The Balaban J connectivity index is 1.46. The maximum Gasteiger partial charge on any atom is 0.303 e. The molecule has 1 amide bonds. The Kier molecular flexibility index (Phi) is 7.69. The van der Waals surface area contributed by atoms with E-state index in [0.717, 1.165) is 65.4 Å². The molecule has 0 unspecified atom stereocenters. The van der Waals surface area contributed by atoms with Gasteiger partial charge < -0.3 is 20.5 Å². The Labute approximate surface area is 224 Å². The highest BCUT2D eigenvalue weighted by atomic mass is 79.9. The van der Waals surface area contributed by atoms with Crippen molar-refractivity contribution < 1.29 is 19.4 Å². The minimum atomic E-state index is -0.823. The molecule has 0 saturated carbocycles. The second kappa shape index (κ2) is 11.3. The van der Waals surface area contributed by atoms with Crippen molar-refractivity contribution in [3.05, 3.63) is 93.5 Å². The second-order valence-electron chi connectivity index (χ2n) is 9.20. The third-order valence-corrected chi connectivity index (χ3v) is 7.07. The summed E-state index contributed by atoms with van der Waals surface area (Å²) in [6.07, 6.45) is 0.532. The number of nitrogens with one attached hydrogen (secondary N) is 2. The van der Waals surface area contributed by atoms with Crippen molar-refractivity contribution in [1.82, 2.24) is 4.90 Å². The Bertz CT molecular complexity index is 1330. The van der Waals surface area contributed by atoms with Crippen LogP contribution in [0.1, 0.15) is 28.7 Å². The largest absolute Gasteiger partial charge is 0.481 e. The molecule has 0 bridgehead atoms. The van der Waals surface area contributed by atoms with Crippen molar-refractivity contribution in [2.75, 3.05) is 36.9 Å². The van der Waals surface area contributed by atoms with Crippen molar-refractivity contribution in [1.29, 1.82) is 0 Å². The topological polar surface area (TPSA) is 90.9 Å².